The molecule has 120 valence electrons. The highest BCUT2D eigenvalue weighted by atomic mass is 16.5. The Morgan fingerprint density at radius 2 is 1.87 bits per heavy atom. The van der Waals surface area contributed by atoms with Gasteiger partial charge in [-0.15, -0.1) is 0 Å². The summed E-state index contributed by atoms with van der Waals surface area (Å²) in [5, 5.41) is 19.5. The number of phenols is 2. The number of allylic oxidation sites excluding steroid dienone is 3. The standard InChI is InChI=1S/C20H22O3/c1-3-4-5-16(9-6-15-7-10-17(21)11-8-15)19-14-18(23-2)12-13-20(19)22/h3-5,7-8,10-14,16,21-22H,1,6,9H2,2H3/b5-4+/t16-/m1/s1. The molecule has 0 unspecified atom stereocenters. The summed E-state index contributed by atoms with van der Waals surface area (Å²) in [7, 11) is 1.61. The highest BCUT2D eigenvalue weighted by Crippen LogP contribution is 2.33. The molecule has 0 aliphatic rings. The number of ether oxygens (including phenoxy) is 1. The molecule has 2 aromatic rings. The van der Waals surface area contributed by atoms with E-state index in [0.717, 1.165) is 29.7 Å². The minimum atomic E-state index is 0.0527. The third-order valence-corrected chi connectivity index (χ3v) is 3.79. The zero-order chi connectivity index (χ0) is 16.7. The lowest BCUT2D eigenvalue weighted by atomic mass is 9.91. The molecular weight excluding hydrogens is 288 g/mol. The quantitative estimate of drug-likeness (QED) is 0.737. The lowest BCUT2D eigenvalue weighted by molar-refractivity contribution is 0.410. The van der Waals surface area contributed by atoms with Gasteiger partial charge in [0.1, 0.15) is 17.2 Å². The van der Waals surface area contributed by atoms with E-state index in [1.54, 1.807) is 37.5 Å². The Morgan fingerprint density at radius 3 is 2.52 bits per heavy atom. The van der Waals surface area contributed by atoms with Crippen LogP contribution in [0.15, 0.2) is 67.3 Å². The van der Waals surface area contributed by atoms with E-state index in [9.17, 15) is 10.2 Å². The molecule has 0 saturated heterocycles. The molecule has 0 aliphatic carbocycles. The average Bonchev–Trinajstić information content (AvgIpc) is 2.57. The maximum absolute atomic E-state index is 10.2. The molecule has 0 heterocycles. The van der Waals surface area contributed by atoms with Crippen LogP contribution < -0.4 is 4.74 Å². The number of aromatic hydroxyl groups is 2. The largest absolute Gasteiger partial charge is 0.508 e. The van der Waals surface area contributed by atoms with Crippen LogP contribution in [0.5, 0.6) is 17.2 Å². The molecule has 0 amide bonds. The van der Waals surface area contributed by atoms with Gasteiger partial charge in [0.2, 0.25) is 0 Å². The molecule has 1 atom stereocenters. The fourth-order valence-electron chi connectivity index (χ4n) is 2.51. The first-order valence-corrected chi connectivity index (χ1v) is 7.58. The second-order valence-electron chi connectivity index (χ2n) is 5.36. The number of aryl methyl sites for hydroxylation is 1. The van der Waals surface area contributed by atoms with Crippen molar-refractivity contribution in [3.8, 4) is 17.2 Å². The van der Waals surface area contributed by atoms with Gasteiger partial charge < -0.3 is 14.9 Å². The van der Waals surface area contributed by atoms with Crippen LogP contribution in [0.3, 0.4) is 0 Å². The third-order valence-electron chi connectivity index (χ3n) is 3.79. The molecule has 0 radical (unpaired) electrons. The summed E-state index contributed by atoms with van der Waals surface area (Å²) in [6.07, 6.45) is 7.31. The van der Waals surface area contributed by atoms with Crippen molar-refractivity contribution in [3.63, 3.8) is 0 Å². The van der Waals surface area contributed by atoms with E-state index in [1.165, 1.54) is 0 Å². The van der Waals surface area contributed by atoms with Crippen molar-refractivity contribution in [2.45, 2.75) is 18.8 Å². The van der Waals surface area contributed by atoms with Gasteiger partial charge in [-0.1, -0.05) is 36.9 Å². The lowest BCUT2D eigenvalue weighted by Crippen LogP contribution is -1.99. The van der Waals surface area contributed by atoms with Crippen LogP contribution in [0, 0.1) is 0 Å². The van der Waals surface area contributed by atoms with Gasteiger partial charge in [-0.2, -0.15) is 0 Å². The molecule has 2 N–H and O–H groups in total. The van der Waals surface area contributed by atoms with Crippen LogP contribution in [0.1, 0.15) is 23.5 Å². The van der Waals surface area contributed by atoms with Crippen molar-refractivity contribution in [2.75, 3.05) is 7.11 Å². The van der Waals surface area contributed by atoms with E-state index in [1.807, 2.05) is 30.4 Å². The number of hydrogen-bond acceptors (Lipinski definition) is 3. The normalized spacial score (nSPS) is 12.2. The molecule has 3 heteroatoms. The molecule has 2 aromatic carbocycles. The smallest absolute Gasteiger partial charge is 0.119 e. The molecule has 0 aromatic heterocycles. The number of phenolic OH excluding ortho intramolecular Hbond substituents is 2. The van der Waals surface area contributed by atoms with Crippen LogP contribution in [0.4, 0.5) is 0 Å². The van der Waals surface area contributed by atoms with Gasteiger partial charge in [0.25, 0.3) is 0 Å². The Bertz CT molecular complexity index is 672. The summed E-state index contributed by atoms with van der Waals surface area (Å²) in [6.45, 7) is 3.71. The number of hydrogen-bond donors (Lipinski definition) is 2. The van der Waals surface area contributed by atoms with Gasteiger partial charge in [-0.05, 0) is 48.7 Å². The average molecular weight is 310 g/mol. The predicted octanol–water partition coefficient (Wildman–Crippen LogP) is 4.57. The fraction of sp³-hybridized carbons (Fsp3) is 0.200. The van der Waals surface area contributed by atoms with Gasteiger partial charge in [0.15, 0.2) is 0 Å². The van der Waals surface area contributed by atoms with Crippen LogP contribution in [-0.4, -0.2) is 17.3 Å². The SMILES string of the molecule is C=C/C=C/[C@H](CCc1ccc(O)cc1)c1cc(OC)ccc1O. The minimum absolute atomic E-state index is 0.0527. The second-order valence-corrected chi connectivity index (χ2v) is 5.36. The van der Waals surface area contributed by atoms with Crippen LogP contribution in [0.25, 0.3) is 0 Å². The zero-order valence-corrected chi connectivity index (χ0v) is 13.3. The Labute approximate surface area is 137 Å². The van der Waals surface area contributed by atoms with E-state index < -0.39 is 0 Å². The lowest BCUT2D eigenvalue weighted by Gasteiger charge is -2.16. The predicted molar refractivity (Wildman–Crippen MR) is 93.2 cm³/mol. The highest BCUT2D eigenvalue weighted by molar-refractivity contribution is 5.43. The van der Waals surface area contributed by atoms with E-state index in [0.29, 0.717) is 0 Å². The second kappa shape index (κ2) is 8.08. The Morgan fingerprint density at radius 1 is 1.13 bits per heavy atom. The summed E-state index contributed by atoms with van der Waals surface area (Å²) in [5.74, 6) is 1.30. The summed E-state index contributed by atoms with van der Waals surface area (Å²) in [5.41, 5.74) is 1.98. The van der Waals surface area contributed by atoms with Crippen molar-refractivity contribution in [2.24, 2.45) is 0 Å². The highest BCUT2D eigenvalue weighted by Gasteiger charge is 2.14. The van der Waals surface area contributed by atoms with Crippen molar-refractivity contribution < 1.29 is 14.9 Å². The molecular formula is C20H22O3. The summed E-state index contributed by atoms with van der Waals surface area (Å²) in [4.78, 5) is 0. The summed E-state index contributed by atoms with van der Waals surface area (Å²) >= 11 is 0. The van der Waals surface area contributed by atoms with Crippen LogP contribution in [0.2, 0.25) is 0 Å². The van der Waals surface area contributed by atoms with Crippen molar-refractivity contribution >= 4 is 0 Å². The molecule has 23 heavy (non-hydrogen) atoms. The molecule has 3 nitrogen and oxygen atoms in total. The first-order valence-electron chi connectivity index (χ1n) is 7.58. The third kappa shape index (κ3) is 4.65. The molecule has 0 fully saturated rings. The molecule has 0 aliphatic heterocycles. The van der Waals surface area contributed by atoms with Gasteiger partial charge in [0, 0.05) is 11.5 Å². The van der Waals surface area contributed by atoms with Crippen molar-refractivity contribution in [1.82, 2.24) is 0 Å². The Hall–Kier alpha value is -2.68. The monoisotopic (exact) mass is 310 g/mol. The molecule has 0 saturated carbocycles. The van der Waals surface area contributed by atoms with E-state index in [2.05, 4.69) is 6.58 Å². The molecule has 2 rings (SSSR count). The first-order chi connectivity index (χ1) is 11.1. The number of methoxy groups -OCH3 is 1. The Kier molecular flexibility index (Phi) is 5.87. The zero-order valence-electron chi connectivity index (χ0n) is 13.3. The van der Waals surface area contributed by atoms with Gasteiger partial charge in [0.05, 0.1) is 7.11 Å². The van der Waals surface area contributed by atoms with E-state index in [-0.39, 0.29) is 17.4 Å². The summed E-state index contributed by atoms with van der Waals surface area (Å²) in [6, 6.07) is 12.5. The van der Waals surface area contributed by atoms with Crippen LogP contribution >= 0.6 is 0 Å². The van der Waals surface area contributed by atoms with Crippen molar-refractivity contribution in [1.29, 1.82) is 0 Å². The van der Waals surface area contributed by atoms with Crippen LogP contribution in [-0.2, 0) is 6.42 Å². The maximum Gasteiger partial charge on any atom is 0.119 e. The Balaban J connectivity index is 2.21. The number of rotatable bonds is 7. The fourth-order valence-corrected chi connectivity index (χ4v) is 2.51. The van der Waals surface area contributed by atoms with E-state index in [4.69, 9.17) is 4.74 Å². The summed E-state index contributed by atoms with van der Waals surface area (Å²) < 4.78 is 5.26. The molecule has 0 bridgehead atoms. The van der Waals surface area contributed by atoms with Gasteiger partial charge in [-0.3, -0.25) is 0 Å². The maximum atomic E-state index is 10.2. The molecule has 0 spiro atoms. The first kappa shape index (κ1) is 16.7. The van der Waals surface area contributed by atoms with E-state index >= 15 is 0 Å². The van der Waals surface area contributed by atoms with Gasteiger partial charge in [-0.25, -0.2) is 0 Å². The topological polar surface area (TPSA) is 49.7 Å². The minimum Gasteiger partial charge on any atom is -0.508 e. The number of benzene rings is 2. The van der Waals surface area contributed by atoms with Gasteiger partial charge >= 0.3 is 0 Å². The van der Waals surface area contributed by atoms with Crippen molar-refractivity contribution in [3.05, 3.63) is 78.4 Å².